The first kappa shape index (κ1) is 17.4. The fraction of sp³-hybridized carbons (Fsp3) is 0.600. The van der Waals surface area contributed by atoms with E-state index >= 15 is 0 Å². The van der Waals surface area contributed by atoms with Crippen LogP contribution in [0, 0.1) is 6.92 Å². The van der Waals surface area contributed by atoms with Crippen LogP contribution in [0.3, 0.4) is 0 Å². The Morgan fingerprint density at radius 2 is 2.28 bits per heavy atom. The van der Waals surface area contributed by atoms with E-state index in [9.17, 15) is 0 Å². The number of aromatic amines is 1. The van der Waals surface area contributed by atoms with Gasteiger partial charge in [-0.3, -0.25) is 4.99 Å². The highest BCUT2D eigenvalue weighted by Gasteiger charge is 2.03. The van der Waals surface area contributed by atoms with Crippen LogP contribution in [-0.4, -0.2) is 41.3 Å². The molecule has 1 aromatic heterocycles. The Hall–Kier alpha value is -0.590. The van der Waals surface area contributed by atoms with Crippen molar-refractivity contribution in [2.45, 2.75) is 12.7 Å². The van der Waals surface area contributed by atoms with Crippen LogP contribution in [0.2, 0.25) is 0 Å². The van der Waals surface area contributed by atoms with Crippen LogP contribution >= 0.6 is 36.6 Å². The summed E-state index contributed by atoms with van der Waals surface area (Å²) in [5.41, 5.74) is 2.32. The molecule has 104 valence electrons. The Bertz CT molecular complexity index is 369. The number of aryl methyl sites for hydroxylation is 1. The van der Waals surface area contributed by atoms with Crippen LogP contribution in [-0.2, 0) is 5.75 Å². The van der Waals surface area contributed by atoms with Crippen LogP contribution in [0.15, 0.2) is 11.3 Å². The molecular weight excluding hydrogens is 293 g/mol. The van der Waals surface area contributed by atoms with Crippen LogP contribution in [0.1, 0.15) is 11.4 Å². The number of thioether (sulfide) groups is 1. The van der Waals surface area contributed by atoms with Crippen LogP contribution in [0.5, 0.6) is 0 Å². The van der Waals surface area contributed by atoms with Crippen molar-refractivity contribution >= 4 is 42.5 Å². The summed E-state index contributed by atoms with van der Waals surface area (Å²) in [7, 11) is 0. The van der Waals surface area contributed by atoms with Gasteiger partial charge in [-0.25, -0.2) is 4.98 Å². The normalized spacial score (nSPS) is 13.1. The largest absolute Gasteiger partial charge is 0.356 e. The fourth-order valence-electron chi connectivity index (χ4n) is 1.46. The lowest BCUT2D eigenvalue weighted by Gasteiger charge is -2.05. The van der Waals surface area contributed by atoms with Crippen LogP contribution in [0.4, 0.5) is 0 Å². The highest BCUT2D eigenvalue weighted by atomic mass is 35.5. The predicted octanol–water partition coefficient (Wildman–Crippen LogP) is 1.34. The standard InChI is InChI=1S/C10H17N5S.2ClH/c1-8-9(15-7-14-8)6-16-5-4-13-10-11-2-3-12-10;;/h7H,2-6H2,1H3,(H,14,15)(H2,11,12,13);2*1H. The van der Waals surface area contributed by atoms with Gasteiger partial charge in [-0.2, -0.15) is 11.8 Å². The molecule has 1 aliphatic rings. The Labute approximate surface area is 124 Å². The van der Waals surface area contributed by atoms with Crippen LogP contribution in [0.25, 0.3) is 0 Å². The van der Waals surface area contributed by atoms with E-state index in [4.69, 9.17) is 0 Å². The van der Waals surface area contributed by atoms with Crippen LogP contribution < -0.4 is 10.6 Å². The molecule has 0 spiro atoms. The number of nitrogens with one attached hydrogen (secondary N) is 3. The van der Waals surface area contributed by atoms with E-state index in [0.717, 1.165) is 42.8 Å². The maximum atomic E-state index is 4.27. The van der Waals surface area contributed by atoms with Gasteiger partial charge in [-0.05, 0) is 6.92 Å². The van der Waals surface area contributed by atoms with Crippen molar-refractivity contribution in [3.05, 3.63) is 17.7 Å². The van der Waals surface area contributed by atoms with Gasteiger partial charge in [0, 0.05) is 30.3 Å². The van der Waals surface area contributed by atoms with Gasteiger partial charge in [-0.15, -0.1) is 24.8 Å². The molecule has 5 nitrogen and oxygen atoms in total. The van der Waals surface area contributed by atoms with Gasteiger partial charge in [0.2, 0.25) is 0 Å². The summed E-state index contributed by atoms with van der Waals surface area (Å²) in [6.45, 7) is 4.85. The number of rotatable bonds is 5. The third-order valence-corrected chi connectivity index (χ3v) is 3.36. The zero-order valence-corrected chi connectivity index (χ0v) is 12.7. The van der Waals surface area contributed by atoms with E-state index in [1.54, 1.807) is 6.33 Å². The summed E-state index contributed by atoms with van der Waals surface area (Å²) < 4.78 is 0. The minimum Gasteiger partial charge on any atom is -0.356 e. The summed E-state index contributed by atoms with van der Waals surface area (Å²) in [6, 6.07) is 0. The van der Waals surface area contributed by atoms with Crippen molar-refractivity contribution in [2.75, 3.05) is 25.4 Å². The third-order valence-electron chi connectivity index (χ3n) is 2.39. The maximum absolute atomic E-state index is 4.27. The number of halogens is 2. The summed E-state index contributed by atoms with van der Waals surface area (Å²) in [4.78, 5) is 11.6. The molecule has 1 aromatic rings. The minimum absolute atomic E-state index is 0. The van der Waals surface area contributed by atoms with Crippen molar-refractivity contribution in [3.63, 3.8) is 0 Å². The Morgan fingerprint density at radius 3 is 2.89 bits per heavy atom. The lowest BCUT2D eigenvalue weighted by Crippen LogP contribution is -2.35. The van der Waals surface area contributed by atoms with Crippen molar-refractivity contribution in [1.29, 1.82) is 0 Å². The number of hydrogen-bond acceptors (Lipinski definition) is 5. The van der Waals surface area contributed by atoms with Gasteiger partial charge >= 0.3 is 0 Å². The number of nitrogens with zero attached hydrogens (tertiary/aromatic N) is 2. The van der Waals surface area contributed by atoms with Crippen molar-refractivity contribution in [2.24, 2.45) is 4.99 Å². The van der Waals surface area contributed by atoms with E-state index in [0.29, 0.717) is 0 Å². The van der Waals surface area contributed by atoms with Gasteiger partial charge < -0.3 is 15.6 Å². The van der Waals surface area contributed by atoms with Gasteiger partial charge in [0.05, 0.1) is 18.6 Å². The molecule has 0 saturated heterocycles. The molecule has 0 bridgehead atoms. The zero-order valence-electron chi connectivity index (χ0n) is 10.2. The second-order valence-electron chi connectivity index (χ2n) is 3.61. The number of H-pyrrole nitrogens is 1. The number of aromatic nitrogens is 2. The maximum Gasteiger partial charge on any atom is 0.191 e. The number of aliphatic imine (C=N–C) groups is 1. The number of hydrogen-bond donors (Lipinski definition) is 3. The average Bonchev–Trinajstić information content (AvgIpc) is 2.90. The Kier molecular flexibility index (Phi) is 9.05. The highest BCUT2D eigenvalue weighted by Crippen LogP contribution is 2.11. The molecule has 2 rings (SSSR count). The molecule has 3 N–H and O–H groups in total. The van der Waals surface area contributed by atoms with E-state index in [2.05, 4.69) is 32.5 Å². The minimum atomic E-state index is 0. The highest BCUT2D eigenvalue weighted by molar-refractivity contribution is 7.98. The Morgan fingerprint density at radius 1 is 1.44 bits per heavy atom. The molecule has 2 heterocycles. The van der Waals surface area contributed by atoms with E-state index in [1.807, 2.05) is 11.8 Å². The second kappa shape index (κ2) is 9.35. The molecule has 0 aliphatic carbocycles. The third kappa shape index (κ3) is 5.37. The summed E-state index contributed by atoms with van der Waals surface area (Å²) in [5.74, 6) is 2.97. The van der Waals surface area contributed by atoms with E-state index in [-0.39, 0.29) is 24.8 Å². The van der Waals surface area contributed by atoms with E-state index < -0.39 is 0 Å². The monoisotopic (exact) mass is 311 g/mol. The molecule has 0 atom stereocenters. The quantitative estimate of drug-likeness (QED) is 0.718. The number of guanidine groups is 1. The summed E-state index contributed by atoms with van der Waals surface area (Å²) in [6.07, 6.45) is 1.75. The van der Waals surface area contributed by atoms with Gasteiger partial charge in [0.25, 0.3) is 0 Å². The molecule has 8 heteroatoms. The molecule has 0 aromatic carbocycles. The molecule has 0 saturated carbocycles. The first-order valence-electron chi connectivity index (χ1n) is 5.45. The molecule has 18 heavy (non-hydrogen) atoms. The van der Waals surface area contributed by atoms with E-state index in [1.165, 1.54) is 5.69 Å². The summed E-state index contributed by atoms with van der Waals surface area (Å²) >= 11 is 1.88. The lowest BCUT2D eigenvalue weighted by molar-refractivity contribution is 0.903. The van der Waals surface area contributed by atoms with Crippen molar-refractivity contribution < 1.29 is 0 Å². The predicted molar refractivity (Wildman–Crippen MR) is 82.3 cm³/mol. The smallest absolute Gasteiger partial charge is 0.191 e. The van der Waals surface area contributed by atoms with Gasteiger partial charge in [-0.1, -0.05) is 0 Å². The fourth-order valence-corrected chi connectivity index (χ4v) is 2.33. The topological polar surface area (TPSA) is 65.1 Å². The molecule has 0 radical (unpaired) electrons. The van der Waals surface area contributed by atoms with Crippen molar-refractivity contribution in [1.82, 2.24) is 20.6 Å². The molecule has 0 unspecified atom stereocenters. The Balaban J connectivity index is 0.00000144. The number of imidazole rings is 1. The first-order chi connectivity index (χ1) is 7.86. The molecular formula is C10H19Cl2N5S. The second-order valence-corrected chi connectivity index (χ2v) is 4.72. The van der Waals surface area contributed by atoms with Crippen molar-refractivity contribution in [3.8, 4) is 0 Å². The first-order valence-corrected chi connectivity index (χ1v) is 6.60. The van der Waals surface area contributed by atoms with Gasteiger partial charge in [0.15, 0.2) is 5.96 Å². The molecule has 0 amide bonds. The summed E-state index contributed by atoms with van der Waals surface area (Å²) in [5, 5.41) is 6.45. The lowest BCUT2D eigenvalue weighted by atomic mass is 10.4. The zero-order chi connectivity index (χ0) is 11.2. The molecule has 1 aliphatic heterocycles. The van der Waals surface area contributed by atoms with Gasteiger partial charge in [0.1, 0.15) is 0 Å². The molecule has 0 fully saturated rings. The SMILES string of the molecule is Cc1[nH]cnc1CSCCNC1=NCCN1.Cl.Cl. The average molecular weight is 312 g/mol.